The van der Waals surface area contributed by atoms with E-state index < -0.39 is 17.7 Å². The number of aryl methyl sites for hydroxylation is 2. The van der Waals surface area contributed by atoms with Crippen LogP contribution in [0.15, 0.2) is 76.8 Å². The largest absolute Gasteiger partial charge is 0.350 e. The summed E-state index contributed by atoms with van der Waals surface area (Å²) in [6, 6.07) is 17.1. The van der Waals surface area contributed by atoms with Crippen molar-refractivity contribution in [2.75, 3.05) is 15.5 Å². The van der Waals surface area contributed by atoms with Gasteiger partial charge in [0.05, 0.1) is 16.4 Å². The number of benzene rings is 3. The van der Waals surface area contributed by atoms with Gasteiger partial charge in [-0.2, -0.15) is 0 Å². The lowest BCUT2D eigenvalue weighted by molar-refractivity contribution is -0.120. The zero-order chi connectivity index (χ0) is 27.8. The standard InChI is InChI=1S/C28H19Cl3N4O3S/c1-14-6-7-15(2)22(10-14)35-26(37)23(31)24(27(35)38)32-18-5-3-4-16(11-18)25(36)34-28-33-21(13-39-28)19-9-8-17(29)12-20(19)30/h3-13,32H,1-2H3,(H,33,34,36). The normalized spacial score (nSPS) is 13.3. The van der Waals surface area contributed by atoms with Gasteiger partial charge in [0.15, 0.2) is 5.13 Å². The molecule has 5 rings (SSSR count). The Hall–Kier alpha value is -3.69. The number of rotatable bonds is 6. The number of hydrogen-bond acceptors (Lipinski definition) is 6. The van der Waals surface area contributed by atoms with Gasteiger partial charge in [0.2, 0.25) is 0 Å². The number of halogens is 3. The van der Waals surface area contributed by atoms with Gasteiger partial charge in [-0.05, 0) is 67.4 Å². The Kier molecular flexibility index (Phi) is 7.46. The highest BCUT2D eigenvalue weighted by molar-refractivity contribution is 7.14. The van der Waals surface area contributed by atoms with Crippen molar-refractivity contribution in [2.45, 2.75) is 13.8 Å². The summed E-state index contributed by atoms with van der Waals surface area (Å²) in [5.41, 5.74) is 4.08. The maximum atomic E-state index is 13.2. The fourth-order valence-corrected chi connectivity index (χ4v) is 5.42. The quantitative estimate of drug-likeness (QED) is 0.226. The highest BCUT2D eigenvalue weighted by Gasteiger charge is 2.39. The minimum absolute atomic E-state index is 0.0652. The Morgan fingerprint density at radius 3 is 2.51 bits per heavy atom. The Morgan fingerprint density at radius 2 is 1.74 bits per heavy atom. The van der Waals surface area contributed by atoms with E-state index >= 15 is 0 Å². The van der Waals surface area contributed by atoms with Crippen LogP contribution in [0.4, 0.5) is 16.5 Å². The monoisotopic (exact) mass is 596 g/mol. The van der Waals surface area contributed by atoms with Gasteiger partial charge in [-0.25, -0.2) is 9.88 Å². The molecular weight excluding hydrogens is 579 g/mol. The Labute approximate surface area is 243 Å². The predicted octanol–water partition coefficient (Wildman–Crippen LogP) is 7.42. The number of nitrogens with one attached hydrogen (secondary N) is 2. The molecule has 3 aromatic carbocycles. The molecule has 0 aliphatic carbocycles. The first-order chi connectivity index (χ1) is 18.6. The van der Waals surface area contributed by atoms with Gasteiger partial charge in [0.1, 0.15) is 10.7 Å². The molecule has 0 atom stereocenters. The topological polar surface area (TPSA) is 91.4 Å². The molecule has 1 aliphatic rings. The summed E-state index contributed by atoms with van der Waals surface area (Å²) in [5, 5.41) is 8.58. The maximum absolute atomic E-state index is 13.2. The summed E-state index contributed by atoms with van der Waals surface area (Å²) < 4.78 is 0. The number of anilines is 3. The minimum Gasteiger partial charge on any atom is -0.350 e. The van der Waals surface area contributed by atoms with Crippen LogP contribution in [-0.2, 0) is 9.59 Å². The van der Waals surface area contributed by atoms with Crippen LogP contribution in [-0.4, -0.2) is 22.7 Å². The third-order valence-corrected chi connectivity index (χ3v) is 7.61. The molecule has 1 aliphatic heterocycles. The summed E-state index contributed by atoms with van der Waals surface area (Å²) in [6.45, 7) is 3.68. The van der Waals surface area contributed by atoms with E-state index in [2.05, 4.69) is 15.6 Å². The average Bonchev–Trinajstić information content (AvgIpc) is 3.44. The molecule has 39 heavy (non-hydrogen) atoms. The zero-order valence-electron chi connectivity index (χ0n) is 20.5. The maximum Gasteiger partial charge on any atom is 0.283 e. The van der Waals surface area contributed by atoms with Crippen molar-refractivity contribution in [3.8, 4) is 11.3 Å². The molecule has 11 heteroatoms. The summed E-state index contributed by atoms with van der Waals surface area (Å²) >= 11 is 19.8. The lowest BCUT2D eigenvalue weighted by Crippen LogP contribution is -2.33. The molecule has 4 aromatic rings. The number of hydrogen-bond donors (Lipinski definition) is 2. The first-order valence-corrected chi connectivity index (χ1v) is 13.6. The first-order valence-electron chi connectivity index (χ1n) is 11.6. The molecule has 1 aromatic heterocycles. The van der Waals surface area contributed by atoms with Crippen molar-refractivity contribution in [1.29, 1.82) is 0 Å². The van der Waals surface area contributed by atoms with E-state index in [1.54, 1.807) is 53.9 Å². The van der Waals surface area contributed by atoms with E-state index in [0.717, 1.165) is 16.0 Å². The van der Waals surface area contributed by atoms with Crippen LogP contribution >= 0.6 is 46.1 Å². The molecule has 0 saturated carbocycles. The summed E-state index contributed by atoms with van der Waals surface area (Å²) in [6.07, 6.45) is 0. The number of amides is 3. The van der Waals surface area contributed by atoms with E-state index in [9.17, 15) is 14.4 Å². The van der Waals surface area contributed by atoms with Gasteiger partial charge in [0.25, 0.3) is 17.7 Å². The lowest BCUT2D eigenvalue weighted by Gasteiger charge is -2.18. The SMILES string of the molecule is Cc1ccc(C)c(N2C(=O)C(Cl)=C(Nc3cccc(C(=O)Nc4nc(-c5ccc(Cl)cc5Cl)cs4)c3)C2=O)c1. The van der Waals surface area contributed by atoms with Gasteiger partial charge in [-0.3, -0.25) is 19.7 Å². The van der Waals surface area contributed by atoms with Crippen molar-refractivity contribution < 1.29 is 14.4 Å². The van der Waals surface area contributed by atoms with E-state index in [1.165, 1.54) is 11.3 Å². The van der Waals surface area contributed by atoms with Crippen molar-refractivity contribution in [2.24, 2.45) is 0 Å². The molecule has 2 heterocycles. The van der Waals surface area contributed by atoms with Gasteiger partial charge in [0, 0.05) is 27.2 Å². The number of aromatic nitrogens is 1. The number of thiazole rings is 1. The molecule has 0 radical (unpaired) electrons. The number of nitrogens with zero attached hydrogens (tertiary/aromatic N) is 2. The number of carbonyl (C=O) groups excluding carboxylic acids is 3. The predicted molar refractivity (Wildman–Crippen MR) is 157 cm³/mol. The van der Waals surface area contributed by atoms with E-state index in [0.29, 0.717) is 43.4 Å². The van der Waals surface area contributed by atoms with Crippen molar-refractivity contribution >= 4 is 80.4 Å². The number of imide groups is 1. The van der Waals surface area contributed by atoms with Crippen molar-refractivity contribution in [3.63, 3.8) is 0 Å². The molecule has 196 valence electrons. The minimum atomic E-state index is -0.618. The first kappa shape index (κ1) is 26.9. The van der Waals surface area contributed by atoms with E-state index in [4.69, 9.17) is 34.8 Å². The van der Waals surface area contributed by atoms with Crippen LogP contribution < -0.4 is 15.5 Å². The Morgan fingerprint density at radius 1 is 0.949 bits per heavy atom. The number of carbonyl (C=O) groups is 3. The van der Waals surface area contributed by atoms with Crippen LogP contribution in [0.1, 0.15) is 21.5 Å². The highest BCUT2D eigenvalue weighted by atomic mass is 35.5. The molecule has 0 saturated heterocycles. The zero-order valence-corrected chi connectivity index (χ0v) is 23.6. The molecule has 0 spiro atoms. The summed E-state index contributed by atoms with van der Waals surface area (Å²) in [5.74, 6) is -1.61. The van der Waals surface area contributed by atoms with E-state index in [1.807, 2.05) is 26.0 Å². The molecule has 3 amide bonds. The smallest absolute Gasteiger partial charge is 0.283 e. The van der Waals surface area contributed by atoms with Gasteiger partial charge in [-0.1, -0.05) is 53.0 Å². The summed E-state index contributed by atoms with van der Waals surface area (Å²) in [7, 11) is 0. The van der Waals surface area contributed by atoms with Crippen molar-refractivity contribution in [1.82, 2.24) is 4.98 Å². The fourth-order valence-electron chi connectivity index (χ4n) is 3.99. The lowest BCUT2D eigenvalue weighted by atomic mass is 10.1. The third kappa shape index (κ3) is 5.42. The molecule has 0 bridgehead atoms. The molecule has 0 unspecified atom stereocenters. The second kappa shape index (κ2) is 10.8. The van der Waals surface area contributed by atoms with Crippen LogP contribution in [0, 0.1) is 13.8 Å². The van der Waals surface area contributed by atoms with Crippen LogP contribution in [0.2, 0.25) is 10.0 Å². The van der Waals surface area contributed by atoms with Crippen LogP contribution in [0.25, 0.3) is 11.3 Å². The van der Waals surface area contributed by atoms with Crippen LogP contribution in [0.5, 0.6) is 0 Å². The van der Waals surface area contributed by atoms with E-state index in [-0.39, 0.29) is 10.7 Å². The molecule has 2 N–H and O–H groups in total. The van der Waals surface area contributed by atoms with Gasteiger partial charge < -0.3 is 5.32 Å². The van der Waals surface area contributed by atoms with Gasteiger partial charge in [-0.15, -0.1) is 11.3 Å². The molecule has 7 nitrogen and oxygen atoms in total. The second-order valence-corrected chi connectivity index (χ2v) is 10.8. The Balaban J connectivity index is 1.33. The molecular formula is C28H19Cl3N4O3S. The summed E-state index contributed by atoms with van der Waals surface area (Å²) in [4.78, 5) is 44.6. The third-order valence-electron chi connectivity index (χ3n) is 5.96. The Bertz CT molecular complexity index is 1700. The van der Waals surface area contributed by atoms with Crippen molar-refractivity contribution in [3.05, 3.63) is 104 Å². The van der Waals surface area contributed by atoms with Gasteiger partial charge >= 0.3 is 0 Å². The fraction of sp³-hybridized carbons (Fsp3) is 0.0714. The average molecular weight is 598 g/mol. The second-order valence-electron chi connectivity index (χ2n) is 8.75. The highest BCUT2D eigenvalue weighted by Crippen LogP contribution is 2.34. The molecule has 0 fully saturated rings. The van der Waals surface area contributed by atoms with Crippen LogP contribution in [0.3, 0.4) is 0 Å².